The van der Waals surface area contributed by atoms with Gasteiger partial charge in [0.2, 0.25) is 0 Å². The van der Waals surface area contributed by atoms with Crippen molar-refractivity contribution in [3.8, 4) is 11.5 Å². The fourth-order valence-electron chi connectivity index (χ4n) is 1.89. The Bertz CT molecular complexity index is 504. The monoisotopic (exact) mass is 309 g/mol. The van der Waals surface area contributed by atoms with E-state index in [4.69, 9.17) is 27.4 Å². The molecule has 1 rings (SSSR count). The maximum Gasteiger partial charge on any atom is 0.123 e. The summed E-state index contributed by atoms with van der Waals surface area (Å²) in [6, 6.07) is 5.92. The Kier molecular flexibility index (Phi) is 5.62. The molecule has 0 amide bonds. The summed E-state index contributed by atoms with van der Waals surface area (Å²) < 4.78 is 11.3. The molecule has 0 bridgehead atoms. The van der Waals surface area contributed by atoms with Crippen LogP contribution in [0.2, 0.25) is 0 Å². The van der Waals surface area contributed by atoms with Gasteiger partial charge < -0.3 is 15.2 Å². The Labute approximate surface area is 133 Å². The lowest BCUT2D eigenvalue weighted by molar-refractivity contribution is 0.264. The summed E-state index contributed by atoms with van der Waals surface area (Å²) in [7, 11) is 1.67. The summed E-state index contributed by atoms with van der Waals surface area (Å²) in [6.07, 6.45) is 0.790. The first kappa shape index (κ1) is 17.8. The summed E-state index contributed by atoms with van der Waals surface area (Å²) in [4.78, 5) is 0.525. The maximum atomic E-state index is 5.98. The average molecular weight is 309 g/mol. The van der Waals surface area contributed by atoms with Gasteiger partial charge in [-0.3, -0.25) is 0 Å². The molecule has 0 aliphatic rings. The van der Waals surface area contributed by atoms with E-state index in [1.807, 2.05) is 32.0 Å². The van der Waals surface area contributed by atoms with E-state index in [-0.39, 0.29) is 10.8 Å². The van der Waals surface area contributed by atoms with E-state index in [9.17, 15) is 0 Å². The Morgan fingerprint density at radius 2 is 1.81 bits per heavy atom. The molecule has 2 N–H and O–H groups in total. The zero-order chi connectivity index (χ0) is 16.3. The van der Waals surface area contributed by atoms with E-state index in [2.05, 4.69) is 20.8 Å². The quantitative estimate of drug-likeness (QED) is 0.804. The van der Waals surface area contributed by atoms with Gasteiger partial charge in [-0.2, -0.15) is 0 Å². The molecule has 3 nitrogen and oxygen atoms in total. The van der Waals surface area contributed by atoms with Crippen LogP contribution in [0.5, 0.6) is 11.5 Å². The molecule has 118 valence electrons. The van der Waals surface area contributed by atoms with Crippen LogP contribution in [0.25, 0.3) is 0 Å². The van der Waals surface area contributed by atoms with Crippen LogP contribution in [0.15, 0.2) is 18.2 Å². The molecular formula is C17H27NO2S. The third-order valence-corrected chi connectivity index (χ3v) is 4.20. The number of thiocarbonyl (C=S) groups is 1. The van der Waals surface area contributed by atoms with E-state index in [1.165, 1.54) is 0 Å². The summed E-state index contributed by atoms with van der Waals surface area (Å²) in [6.45, 7) is 11.1. The average Bonchev–Trinajstić information content (AvgIpc) is 2.37. The Hall–Kier alpha value is -1.29. The van der Waals surface area contributed by atoms with Crippen LogP contribution >= 0.6 is 12.2 Å². The van der Waals surface area contributed by atoms with Gasteiger partial charge in [0, 0.05) is 11.0 Å². The molecule has 1 aromatic carbocycles. The summed E-state index contributed by atoms with van der Waals surface area (Å²) >= 11 is 5.09. The van der Waals surface area contributed by atoms with Crippen LogP contribution in [-0.2, 0) is 5.41 Å². The van der Waals surface area contributed by atoms with Crippen LogP contribution in [0, 0.1) is 5.41 Å². The van der Waals surface area contributed by atoms with E-state index >= 15 is 0 Å². The van der Waals surface area contributed by atoms with Crippen LogP contribution in [0.1, 0.15) is 46.6 Å². The predicted octanol–water partition coefficient (Wildman–Crippen LogP) is 4.07. The van der Waals surface area contributed by atoms with Gasteiger partial charge in [-0.25, -0.2) is 0 Å². The Morgan fingerprint density at radius 3 is 2.29 bits per heavy atom. The molecule has 0 aliphatic carbocycles. The molecule has 0 saturated carbocycles. The van der Waals surface area contributed by atoms with Crippen molar-refractivity contribution in [2.24, 2.45) is 11.1 Å². The lowest BCUT2D eigenvalue weighted by Crippen LogP contribution is -2.31. The lowest BCUT2D eigenvalue weighted by atomic mass is 9.86. The third kappa shape index (κ3) is 4.88. The second-order valence-electron chi connectivity index (χ2n) is 6.96. The topological polar surface area (TPSA) is 44.5 Å². The number of benzene rings is 1. The maximum absolute atomic E-state index is 5.98. The Morgan fingerprint density at radius 1 is 1.19 bits per heavy atom. The molecule has 0 heterocycles. The largest absolute Gasteiger partial charge is 0.497 e. The summed E-state index contributed by atoms with van der Waals surface area (Å²) in [5.41, 5.74) is 6.68. The van der Waals surface area contributed by atoms with Gasteiger partial charge in [0.05, 0.1) is 18.7 Å². The van der Waals surface area contributed by atoms with Crippen molar-refractivity contribution in [3.63, 3.8) is 0 Å². The Balaban J connectivity index is 2.87. The number of rotatable bonds is 6. The van der Waals surface area contributed by atoms with E-state index in [0.717, 1.165) is 23.5 Å². The van der Waals surface area contributed by atoms with Crippen molar-refractivity contribution in [2.45, 2.75) is 46.5 Å². The summed E-state index contributed by atoms with van der Waals surface area (Å²) in [5, 5.41) is 0. The second-order valence-corrected chi connectivity index (χ2v) is 7.40. The molecule has 0 aromatic heterocycles. The van der Waals surface area contributed by atoms with Crippen LogP contribution in [-0.4, -0.2) is 18.7 Å². The lowest BCUT2D eigenvalue weighted by Gasteiger charge is -2.26. The highest BCUT2D eigenvalue weighted by molar-refractivity contribution is 7.80. The minimum atomic E-state index is -0.191. The first-order valence-electron chi connectivity index (χ1n) is 7.19. The minimum absolute atomic E-state index is 0.0113. The van der Waals surface area contributed by atoms with Gasteiger partial charge in [0.1, 0.15) is 11.5 Å². The number of methoxy groups -OCH3 is 1. The zero-order valence-electron chi connectivity index (χ0n) is 13.9. The molecule has 0 radical (unpaired) electrons. The molecule has 0 unspecified atom stereocenters. The number of ether oxygens (including phenoxy) is 2. The molecule has 21 heavy (non-hydrogen) atoms. The predicted molar refractivity (Wildman–Crippen MR) is 92.4 cm³/mol. The van der Waals surface area contributed by atoms with Crippen molar-refractivity contribution in [3.05, 3.63) is 23.8 Å². The van der Waals surface area contributed by atoms with Crippen molar-refractivity contribution >= 4 is 17.2 Å². The van der Waals surface area contributed by atoms with Gasteiger partial charge in [0.25, 0.3) is 0 Å². The SMILES string of the molecule is COc1ccc(OCCC(C)(C)C(N)=S)c(C(C)(C)C)c1. The normalized spacial score (nSPS) is 12.1. The van der Waals surface area contributed by atoms with Crippen LogP contribution in [0.4, 0.5) is 0 Å². The molecule has 0 aliphatic heterocycles. The van der Waals surface area contributed by atoms with Crippen LogP contribution < -0.4 is 15.2 Å². The highest BCUT2D eigenvalue weighted by Gasteiger charge is 2.23. The summed E-state index contributed by atoms with van der Waals surface area (Å²) in [5.74, 6) is 1.73. The second kappa shape index (κ2) is 6.65. The minimum Gasteiger partial charge on any atom is -0.497 e. The molecule has 0 spiro atoms. The van der Waals surface area contributed by atoms with Crippen molar-refractivity contribution in [1.29, 1.82) is 0 Å². The van der Waals surface area contributed by atoms with E-state index < -0.39 is 0 Å². The number of hydrogen-bond acceptors (Lipinski definition) is 3. The van der Waals surface area contributed by atoms with Crippen molar-refractivity contribution in [1.82, 2.24) is 0 Å². The smallest absolute Gasteiger partial charge is 0.123 e. The van der Waals surface area contributed by atoms with Crippen LogP contribution in [0.3, 0.4) is 0 Å². The highest BCUT2D eigenvalue weighted by atomic mass is 32.1. The number of nitrogens with two attached hydrogens (primary N) is 1. The first-order valence-corrected chi connectivity index (χ1v) is 7.60. The van der Waals surface area contributed by atoms with E-state index in [1.54, 1.807) is 7.11 Å². The standard InChI is InChI=1S/C17H27NO2S/c1-16(2,3)13-11-12(19-6)7-8-14(13)20-10-9-17(4,5)15(18)21/h7-8,11H,9-10H2,1-6H3,(H2,18,21). The van der Waals surface area contributed by atoms with Crippen molar-refractivity contribution < 1.29 is 9.47 Å². The van der Waals surface area contributed by atoms with Gasteiger partial charge in [-0.05, 0) is 30.0 Å². The van der Waals surface area contributed by atoms with Gasteiger partial charge in [0.15, 0.2) is 0 Å². The van der Waals surface area contributed by atoms with E-state index in [0.29, 0.717) is 11.6 Å². The zero-order valence-corrected chi connectivity index (χ0v) is 14.8. The van der Waals surface area contributed by atoms with Gasteiger partial charge in [-0.15, -0.1) is 0 Å². The fourth-order valence-corrected chi connectivity index (χ4v) is 1.99. The fraction of sp³-hybridized carbons (Fsp3) is 0.588. The third-order valence-electron chi connectivity index (χ3n) is 3.65. The molecule has 0 saturated heterocycles. The van der Waals surface area contributed by atoms with Gasteiger partial charge >= 0.3 is 0 Å². The molecule has 1 aromatic rings. The highest BCUT2D eigenvalue weighted by Crippen LogP contribution is 2.34. The molecule has 4 heteroatoms. The molecule has 0 fully saturated rings. The first-order chi connectivity index (χ1) is 9.58. The number of hydrogen-bond donors (Lipinski definition) is 1. The van der Waals surface area contributed by atoms with Gasteiger partial charge in [-0.1, -0.05) is 46.8 Å². The van der Waals surface area contributed by atoms with Crippen molar-refractivity contribution in [2.75, 3.05) is 13.7 Å². The molecule has 0 atom stereocenters. The molecular weight excluding hydrogens is 282 g/mol.